The van der Waals surface area contributed by atoms with Crippen molar-refractivity contribution in [2.24, 2.45) is 7.05 Å². The molecule has 0 aliphatic carbocycles. The van der Waals surface area contributed by atoms with Gasteiger partial charge in [-0.1, -0.05) is 0 Å². The molecule has 0 saturated carbocycles. The fraction of sp³-hybridized carbons (Fsp3) is 0.333. The summed E-state index contributed by atoms with van der Waals surface area (Å²) in [5, 5.41) is 18.9. The van der Waals surface area contributed by atoms with Crippen LogP contribution >= 0.6 is 0 Å². The van der Waals surface area contributed by atoms with Crippen LogP contribution in [0.2, 0.25) is 0 Å². The predicted octanol–water partition coefficient (Wildman–Crippen LogP) is 1.93. The van der Waals surface area contributed by atoms with Gasteiger partial charge in [-0.25, -0.2) is 9.78 Å². The molecule has 4 rings (SSSR count). The number of carbonyl (C=O) groups excluding carboxylic acids is 1. The van der Waals surface area contributed by atoms with E-state index in [-0.39, 0.29) is 11.8 Å². The lowest BCUT2D eigenvalue weighted by Crippen LogP contribution is -2.50. The third kappa shape index (κ3) is 3.66. The number of urea groups is 1. The molecule has 150 valence electrons. The Kier molecular flexibility index (Phi) is 4.71. The minimum Gasteiger partial charge on any atom is -0.365 e. The Labute approximate surface area is 166 Å². The number of hydrogen-bond donors (Lipinski definition) is 1. The molecule has 0 atom stereocenters. The van der Waals surface area contributed by atoms with Crippen LogP contribution in [0.3, 0.4) is 0 Å². The first-order chi connectivity index (χ1) is 13.9. The lowest BCUT2D eigenvalue weighted by atomic mass is 10.2. The van der Waals surface area contributed by atoms with Gasteiger partial charge in [0.15, 0.2) is 11.8 Å². The van der Waals surface area contributed by atoms with Crippen LogP contribution in [-0.2, 0) is 7.05 Å². The molecule has 4 heterocycles. The maximum atomic E-state index is 12.6. The molecule has 0 aromatic carbocycles. The number of piperazine rings is 1. The Morgan fingerprint density at radius 1 is 1.17 bits per heavy atom. The van der Waals surface area contributed by atoms with Gasteiger partial charge in [0.2, 0.25) is 0 Å². The number of nitrogens with zero attached hydrogens (tertiary/aromatic N) is 7. The van der Waals surface area contributed by atoms with Gasteiger partial charge >= 0.3 is 11.8 Å². The van der Waals surface area contributed by atoms with E-state index in [1.165, 1.54) is 12.3 Å². The van der Waals surface area contributed by atoms with E-state index in [0.717, 1.165) is 22.4 Å². The molecule has 3 aromatic heterocycles. The number of amides is 2. The first kappa shape index (κ1) is 18.6. The molecule has 1 fully saturated rings. The second-order valence-corrected chi connectivity index (χ2v) is 6.84. The Balaban J connectivity index is 1.37. The summed E-state index contributed by atoms with van der Waals surface area (Å²) in [6.45, 7) is 4.20. The average Bonchev–Trinajstić information content (AvgIpc) is 3.01. The molecule has 0 radical (unpaired) electrons. The van der Waals surface area contributed by atoms with Crippen LogP contribution in [0, 0.1) is 17.0 Å². The zero-order valence-corrected chi connectivity index (χ0v) is 16.1. The number of anilines is 2. The maximum absolute atomic E-state index is 12.6. The van der Waals surface area contributed by atoms with Crippen LogP contribution < -0.4 is 10.2 Å². The summed E-state index contributed by atoms with van der Waals surface area (Å²) in [6.07, 6.45) is 3.12. The minimum atomic E-state index is -0.523. The van der Waals surface area contributed by atoms with E-state index in [0.29, 0.717) is 31.9 Å². The summed E-state index contributed by atoms with van der Waals surface area (Å²) in [4.78, 5) is 34.8. The highest BCUT2D eigenvalue weighted by molar-refractivity contribution is 5.92. The maximum Gasteiger partial charge on any atom is 0.363 e. The smallest absolute Gasteiger partial charge is 0.363 e. The van der Waals surface area contributed by atoms with Gasteiger partial charge in [-0.3, -0.25) is 4.68 Å². The highest BCUT2D eigenvalue weighted by Crippen LogP contribution is 2.21. The topological polar surface area (TPSA) is 122 Å². The standard InChI is InChI=1S/C18H20N8O3/c1-12-15-9-13(10-20-17(15)23(2)22-12)21-18(27)25-7-5-24(6-8-25)14-3-4-16(19-11-14)26(28)29/h3-4,9-11H,5-8H2,1-2H3,(H,21,27). The summed E-state index contributed by atoms with van der Waals surface area (Å²) in [6, 6.07) is 4.76. The second kappa shape index (κ2) is 7.34. The molecule has 2 amide bonds. The number of pyridine rings is 2. The Hall–Kier alpha value is -3.76. The molecular formula is C18H20N8O3. The van der Waals surface area contributed by atoms with Crippen molar-refractivity contribution >= 4 is 34.3 Å². The van der Waals surface area contributed by atoms with E-state index in [1.807, 2.05) is 24.9 Å². The van der Waals surface area contributed by atoms with Gasteiger partial charge in [-0.05, 0) is 29.0 Å². The number of aromatic nitrogens is 4. The van der Waals surface area contributed by atoms with Crippen molar-refractivity contribution in [1.82, 2.24) is 24.6 Å². The number of aryl methyl sites for hydroxylation is 2. The van der Waals surface area contributed by atoms with Crippen LogP contribution in [0.5, 0.6) is 0 Å². The molecule has 0 unspecified atom stereocenters. The van der Waals surface area contributed by atoms with E-state index in [9.17, 15) is 14.9 Å². The van der Waals surface area contributed by atoms with Gasteiger partial charge in [0.25, 0.3) is 0 Å². The van der Waals surface area contributed by atoms with Crippen molar-refractivity contribution in [3.63, 3.8) is 0 Å². The molecule has 11 nitrogen and oxygen atoms in total. The summed E-state index contributed by atoms with van der Waals surface area (Å²) in [7, 11) is 1.83. The fourth-order valence-electron chi connectivity index (χ4n) is 3.42. The van der Waals surface area contributed by atoms with Gasteiger partial charge in [-0.15, -0.1) is 0 Å². The third-order valence-electron chi connectivity index (χ3n) is 4.97. The highest BCUT2D eigenvalue weighted by atomic mass is 16.6. The van der Waals surface area contributed by atoms with Crippen LogP contribution in [0.15, 0.2) is 30.6 Å². The van der Waals surface area contributed by atoms with E-state index in [1.54, 1.807) is 21.8 Å². The molecule has 29 heavy (non-hydrogen) atoms. The highest BCUT2D eigenvalue weighted by Gasteiger charge is 2.23. The monoisotopic (exact) mass is 396 g/mol. The van der Waals surface area contributed by atoms with E-state index in [2.05, 4.69) is 20.4 Å². The fourth-order valence-corrected chi connectivity index (χ4v) is 3.42. The van der Waals surface area contributed by atoms with Crippen molar-refractivity contribution in [3.8, 4) is 0 Å². The number of nitro groups is 1. The molecular weight excluding hydrogens is 376 g/mol. The van der Waals surface area contributed by atoms with Crippen molar-refractivity contribution < 1.29 is 9.72 Å². The second-order valence-electron chi connectivity index (χ2n) is 6.84. The third-order valence-corrected chi connectivity index (χ3v) is 4.97. The van der Waals surface area contributed by atoms with Crippen molar-refractivity contribution in [1.29, 1.82) is 0 Å². The summed E-state index contributed by atoms with van der Waals surface area (Å²) in [5.74, 6) is -0.179. The zero-order valence-electron chi connectivity index (χ0n) is 16.1. The van der Waals surface area contributed by atoms with Crippen LogP contribution in [-0.4, -0.2) is 61.8 Å². The van der Waals surface area contributed by atoms with E-state index >= 15 is 0 Å². The minimum absolute atomic E-state index is 0.179. The van der Waals surface area contributed by atoms with Gasteiger partial charge in [0, 0.05) is 44.7 Å². The molecule has 0 spiro atoms. The van der Waals surface area contributed by atoms with Crippen LogP contribution in [0.4, 0.5) is 22.0 Å². The van der Waals surface area contributed by atoms with E-state index in [4.69, 9.17) is 0 Å². The SMILES string of the molecule is Cc1nn(C)c2ncc(NC(=O)N3CCN(c4ccc([N+](=O)[O-])nc4)CC3)cc12. The number of hydrogen-bond acceptors (Lipinski definition) is 7. The Morgan fingerprint density at radius 2 is 1.93 bits per heavy atom. The normalized spacial score (nSPS) is 14.3. The first-order valence-corrected chi connectivity index (χ1v) is 9.13. The Bertz CT molecular complexity index is 1070. The quantitative estimate of drug-likeness (QED) is 0.530. The molecule has 1 aliphatic heterocycles. The summed E-state index contributed by atoms with van der Waals surface area (Å²) < 4.78 is 1.71. The largest absolute Gasteiger partial charge is 0.365 e. The van der Waals surface area contributed by atoms with Crippen molar-refractivity contribution in [3.05, 3.63) is 46.4 Å². The van der Waals surface area contributed by atoms with Gasteiger partial charge in [0.1, 0.15) is 0 Å². The molecule has 1 saturated heterocycles. The van der Waals surface area contributed by atoms with Gasteiger partial charge in [0.05, 0.1) is 23.3 Å². The van der Waals surface area contributed by atoms with Gasteiger partial charge < -0.3 is 25.2 Å². The van der Waals surface area contributed by atoms with Crippen LogP contribution in [0.1, 0.15) is 5.69 Å². The van der Waals surface area contributed by atoms with Gasteiger partial charge in [-0.2, -0.15) is 5.10 Å². The number of rotatable bonds is 3. The molecule has 1 N–H and O–H groups in total. The lowest BCUT2D eigenvalue weighted by molar-refractivity contribution is -0.389. The van der Waals surface area contributed by atoms with Crippen molar-refractivity contribution in [2.75, 3.05) is 36.4 Å². The Morgan fingerprint density at radius 3 is 2.59 bits per heavy atom. The summed E-state index contributed by atoms with van der Waals surface area (Å²) in [5.41, 5.74) is 3.06. The van der Waals surface area contributed by atoms with Crippen LogP contribution in [0.25, 0.3) is 11.0 Å². The average molecular weight is 396 g/mol. The molecule has 3 aromatic rings. The molecule has 0 bridgehead atoms. The lowest BCUT2D eigenvalue weighted by Gasteiger charge is -2.35. The zero-order chi connectivity index (χ0) is 20.5. The molecule has 1 aliphatic rings. The number of carbonyl (C=O) groups is 1. The predicted molar refractivity (Wildman–Crippen MR) is 107 cm³/mol. The number of fused-ring (bicyclic) bond motifs is 1. The molecule has 11 heteroatoms. The number of nitrogens with one attached hydrogen (secondary N) is 1. The van der Waals surface area contributed by atoms with Crippen molar-refractivity contribution in [2.45, 2.75) is 6.92 Å². The van der Waals surface area contributed by atoms with E-state index < -0.39 is 4.92 Å². The summed E-state index contributed by atoms with van der Waals surface area (Å²) >= 11 is 0. The first-order valence-electron chi connectivity index (χ1n) is 9.13.